The molecule has 0 atom stereocenters. The summed E-state index contributed by atoms with van der Waals surface area (Å²) in [6.07, 6.45) is 0.528. The van der Waals surface area contributed by atoms with Crippen LogP contribution in [0.4, 0.5) is 0 Å². The second-order valence-corrected chi connectivity index (χ2v) is 7.55. The van der Waals surface area contributed by atoms with Crippen molar-refractivity contribution in [3.63, 3.8) is 0 Å². The van der Waals surface area contributed by atoms with E-state index in [0.717, 1.165) is 16.7 Å². The smallest absolute Gasteiger partial charge is 0.287 e. The number of para-hydroxylation sites is 2. The molecule has 1 aromatic heterocycles. The third-order valence-corrected chi connectivity index (χ3v) is 5.10. The SMILES string of the molecule is NC(=O)c1ccc(OCCCNC(=O)c2cc3cccc(COc4ccccc4)c3o2)cc1O. The predicted octanol–water partition coefficient (Wildman–Crippen LogP) is 4.02. The van der Waals surface area contributed by atoms with E-state index in [2.05, 4.69) is 5.32 Å². The topological polar surface area (TPSA) is 124 Å². The third-order valence-electron chi connectivity index (χ3n) is 5.10. The summed E-state index contributed by atoms with van der Waals surface area (Å²) in [6, 6.07) is 21.1. The zero-order valence-electron chi connectivity index (χ0n) is 18.3. The Morgan fingerprint density at radius 2 is 1.76 bits per heavy atom. The van der Waals surface area contributed by atoms with Crippen LogP contribution in [-0.4, -0.2) is 30.1 Å². The molecule has 0 radical (unpaired) electrons. The van der Waals surface area contributed by atoms with Gasteiger partial charge in [0.1, 0.15) is 29.4 Å². The summed E-state index contributed by atoms with van der Waals surface area (Å²) >= 11 is 0. The number of primary amides is 1. The van der Waals surface area contributed by atoms with E-state index in [-0.39, 0.29) is 23.0 Å². The Morgan fingerprint density at radius 3 is 2.53 bits per heavy atom. The molecule has 3 aromatic carbocycles. The number of amides is 2. The van der Waals surface area contributed by atoms with E-state index in [0.29, 0.717) is 37.5 Å². The molecule has 0 fully saturated rings. The van der Waals surface area contributed by atoms with Crippen molar-refractivity contribution in [2.45, 2.75) is 13.0 Å². The molecule has 4 aromatic rings. The van der Waals surface area contributed by atoms with Crippen molar-refractivity contribution in [1.82, 2.24) is 5.32 Å². The van der Waals surface area contributed by atoms with Crippen LogP contribution in [0.15, 0.2) is 77.2 Å². The molecule has 8 nitrogen and oxygen atoms in total. The van der Waals surface area contributed by atoms with Crippen LogP contribution in [0.3, 0.4) is 0 Å². The molecule has 34 heavy (non-hydrogen) atoms. The molecular formula is C26H24N2O6. The molecule has 8 heteroatoms. The fraction of sp³-hybridized carbons (Fsp3) is 0.154. The lowest BCUT2D eigenvalue weighted by atomic mass is 10.1. The third kappa shape index (κ3) is 5.47. The van der Waals surface area contributed by atoms with Crippen LogP contribution in [-0.2, 0) is 6.61 Å². The van der Waals surface area contributed by atoms with Gasteiger partial charge in [-0.25, -0.2) is 0 Å². The van der Waals surface area contributed by atoms with Gasteiger partial charge < -0.3 is 30.0 Å². The molecule has 0 aliphatic carbocycles. The minimum absolute atomic E-state index is 0.0280. The van der Waals surface area contributed by atoms with Crippen molar-refractivity contribution in [1.29, 1.82) is 0 Å². The van der Waals surface area contributed by atoms with E-state index >= 15 is 0 Å². The molecule has 4 rings (SSSR count). The average Bonchev–Trinajstić information content (AvgIpc) is 3.28. The first kappa shape index (κ1) is 22.7. The number of benzene rings is 3. The summed E-state index contributed by atoms with van der Waals surface area (Å²) in [6.45, 7) is 0.991. The number of fused-ring (bicyclic) bond motifs is 1. The summed E-state index contributed by atoms with van der Waals surface area (Å²) in [5.41, 5.74) is 6.65. The Morgan fingerprint density at radius 1 is 0.941 bits per heavy atom. The maximum Gasteiger partial charge on any atom is 0.287 e. The Kier molecular flexibility index (Phi) is 6.98. The van der Waals surface area contributed by atoms with E-state index in [1.165, 1.54) is 12.1 Å². The summed E-state index contributed by atoms with van der Waals surface area (Å²) in [4.78, 5) is 23.7. The molecule has 0 aliphatic rings. The number of furan rings is 1. The van der Waals surface area contributed by atoms with Gasteiger partial charge in [0.2, 0.25) is 0 Å². The van der Waals surface area contributed by atoms with Crippen molar-refractivity contribution in [2.75, 3.05) is 13.2 Å². The molecule has 1 heterocycles. The minimum Gasteiger partial charge on any atom is -0.507 e. The van der Waals surface area contributed by atoms with Gasteiger partial charge in [0, 0.05) is 23.6 Å². The van der Waals surface area contributed by atoms with Gasteiger partial charge in [0.15, 0.2) is 5.76 Å². The lowest BCUT2D eigenvalue weighted by molar-refractivity contribution is 0.0925. The highest BCUT2D eigenvalue weighted by atomic mass is 16.5. The number of hydrogen-bond acceptors (Lipinski definition) is 6. The molecule has 0 saturated carbocycles. The number of nitrogens with two attached hydrogens (primary N) is 1. The molecule has 0 spiro atoms. The number of carbonyl (C=O) groups excluding carboxylic acids is 2. The van der Waals surface area contributed by atoms with Crippen molar-refractivity contribution >= 4 is 22.8 Å². The largest absolute Gasteiger partial charge is 0.507 e. The van der Waals surface area contributed by atoms with Crippen molar-refractivity contribution in [2.24, 2.45) is 5.73 Å². The number of nitrogens with one attached hydrogen (secondary N) is 1. The van der Waals surface area contributed by atoms with Gasteiger partial charge in [0.05, 0.1) is 12.2 Å². The first-order valence-corrected chi connectivity index (χ1v) is 10.7. The van der Waals surface area contributed by atoms with Gasteiger partial charge in [-0.15, -0.1) is 0 Å². The van der Waals surface area contributed by atoms with E-state index in [1.54, 1.807) is 12.1 Å². The van der Waals surface area contributed by atoms with Gasteiger partial charge >= 0.3 is 0 Å². The maximum atomic E-state index is 12.5. The highest BCUT2D eigenvalue weighted by Crippen LogP contribution is 2.25. The van der Waals surface area contributed by atoms with Crippen LogP contribution >= 0.6 is 0 Å². The van der Waals surface area contributed by atoms with Gasteiger partial charge in [-0.2, -0.15) is 0 Å². The minimum atomic E-state index is -0.715. The lowest BCUT2D eigenvalue weighted by Gasteiger charge is -2.08. The average molecular weight is 460 g/mol. The zero-order chi connectivity index (χ0) is 23.9. The molecule has 4 N–H and O–H groups in total. The maximum absolute atomic E-state index is 12.5. The normalized spacial score (nSPS) is 10.7. The highest BCUT2D eigenvalue weighted by molar-refractivity contribution is 5.97. The van der Waals surface area contributed by atoms with Gasteiger partial charge in [-0.3, -0.25) is 9.59 Å². The number of ether oxygens (including phenoxy) is 2. The molecule has 0 saturated heterocycles. The summed E-state index contributed by atoms with van der Waals surface area (Å²) in [5.74, 6) is 0.0937. The van der Waals surface area contributed by atoms with Gasteiger partial charge in [0.25, 0.3) is 11.8 Å². The quantitative estimate of drug-likeness (QED) is 0.307. The number of phenols is 1. The lowest BCUT2D eigenvalue weighted by Crippen LogP contribution is -2.25. The Balaban J connectivity index is 1.28. The Hall–Kier alpha value is -4.46. The highest BCUT2D eigenvalue weighted by Gasteiger charge is 2.14. The van der Waals surface area contributed by atoms with E-state index < -0.39 is 5.91 Å². The number of aromatic hydroxyl groups is 1. The van der Waals surface area contributed by atoms with Crippen molar-refractivity contribution in [3.05, 3.63) is 89.7 Å². The summed E-state index contributed by atoms with van der Waals surface area (Å²) < 4.78 is 17.2. The van der Waals surface area contributed by atoms with Crippen LogP contribution in [0.25, 0.3) is 11.0 Å². The Bertz CT molecular complexity index is 1300. The molecular weight excluding hydrogens is 436 g/mol. The first-order chi connectivity index (χ1) is 16.5. The van der Waals surface area contributed by atoms with Crippen LogP contribution in [0.2, 0.25) is 0 Å². The van der Waals surface area contributed by atoms with Crippen molar-refractivity contribution in [3.8, 4) is 17.2 Å². The van der Waals surface area contributed by atoms with Crippen LogP contribution < -0.4 is 20.5 Å². The van der Waals surface area contributed by atoms with Gasteiger partial charge in [-0.05, 0) is 36.8 Å². The fourth-order valence-corrected chi connectivity index (χ4v) is 3.39. The first-order valence-electron chi connectivity index (χ1n) is 10.7. The number of rotatable bonds is 10. The van der Waals surface area contributed by atoms with Crippen LogP contribution in [0.5, 0.6) is 17.2 Å². The zero-order valence-corrected chi connectivity index (χ0v) is 18.3. The Labute approximate surface area is 195 Å². The van der Waals surface area contributed by atoms with Crippen LogP contribution in [0, 0.1) is 0 Å². The second kappa shape index (κ2) is 10.4. The number of carbonyl (C=O) groups is 2. The fourth-order valence-electron chi connectivity index (χ4n) is 3.39. The van der Waals surface area contributed by atoms with E-state index in [4.69, 9.17) is 19.6 Å². The van der Waals surface area contributed by atoms with E-state index in [9.17, 15) is 14.7 Å². The number of hydrogen-bond donors (Lipinski definition) is 3. The van der Waals surface area contributed by atoms with E-state index in [1.807, 2.05) is 48.5 Å². The summed E-state index contributed by atoms with van der Waals surface area (Å²) in [7, 11) is 0. The monoisotopic (exact) mass is 460 g/mol. The molecule has 0 bridgehead atoms. The van der Waals surface area contributed by atoms with Crippen molar-refractivity contribution < 1.29 is 28.6 Å². The van der Waals surface area contributed by atoms with Crippen LogP contribution in [0.1, 0.15) is 32.9 Å². The second-order valence-electron chi connectivity index (χ2n) is 7.55. The molecule has 2 amide bonds. The molecule has 0 aliphatic heterocycles. The predicted molar refractivity (Wildman–Crippen MR) is 126 cm³/mol. The molecule has 0 unspecified atom stereocenters. The van der Waals surface area contributed by atoms with Gasteiger partial charge in [-0.1, -0.05) is 36.4 Å². The summed E-state index contributed by atoms with van der Waals surface area (Å²) in [5, 5.41) is 13.4. The molecule has 174 valence electrons. The standard InChI is InChI=1S/C26H24N2O6/c27-25(30)21-11-10-20(15-22(21)29)32-13-5-12-28-26(31)23-14-17-6-4-7-18(24(17)34-23)16-33-19-8-2-1-3-9-19/h1-4,6-11,14-15,29H,5,12-13,16H2,(H2,27,30)(H,28,31).